The fourth-order valence-electron chi connectivity index (χ4n) is 2.98. The maximum Gasteiger partial charge on any atom is 0.185 e. The van der Waals surface area contributed by atoms with Crippen LogP contribution in [0.3, 0.4) is 0 Å². The molecule has 2 rings (SSSR count). The predicted octanol–water partition coefficient (Wildman–Crippen LogP) is 4.59. The van der Waals surface area contributed by atoms with E-state index in [-0.39, 0.29) is 0 Å². The Kier molecular flexibility index (Phi) is 6.66. The van der Waals surface area contributed by atoms with Crippen LogP contribution in [-0.2, 0) is 0 Å². The molecule has 1 aliphatic heterocycles. The lowest BCUT2D eigenvalue weighted by Crippen LogP contribution is -2.31. The van der Waals surface area contributed by atoms with E-state index in [1.807, 2.05) is 18.7 Å². The zero-order chi connectivity index (χ0) is 17.7. The lowest BCUT2D eigenvalue weighted by atomic mass is 10.1. The summed E-state index contributed by atoms with van der Waals surface area (Å²) < 4.78 is 57.2. The number of piperidine rings is 1. The van der Waals surface area contributed by atoms with Crippen LogP contribution in [0.2, 0.25) is 0 Å². The van der Waals surface area contributed by atoms with Crippen molar-refractivity contribution in [3.05, 3.63) is 34.9 Å². The van der Waals surface area contributed by atoms with Gasteiger partial charge in [0.1, 0.15) is 5.69 Å². The van der Waals surface area contributed by atoms with E-state index in [4.69, 9.17) is 0 Å². The Bertz CT molecular complexity index is 562. The molecule has 0 aliphatic carbocycles. The zero-order valence-corrected chi connectivity index (χ0v) is 14.2. The molecule has 0 spiro atoms. The molecule has 0 atom stereocenters. The van der Waals surface area contributed by atoms with Crippen LogP contribution in [0.25, 0.3) is 6.08 Å². The summed E-state index contributed by atoms with van der Waals surface area (Å²) in [5.74, 6) is -5.27. The van der Waals surface area contributed by atoms with E-state index in [2.05, 4.69) is 0 Å². The Labute approximate surface area is 140 Å². The minimum absolute atomic E-state index is 0.407. The number of nitrogens with zero attached hydrogens (tertiary/aromatic N) is 2. The van der Waals surface area contributed by atoms with Gasteiger partial charge >= 0.3 is 0 Å². The number of halogens is 4. The van der Waals surface area contributed by atoms with Gasteiger partial charge in [0.2, 0.25) is 0 Å². The van der Waals surface area contributed by atoms with Crippen molar-refractivity contribution in [2.24, 2.45) is 0 Å². The van der Waals surface area contributed by atoms with Gasteiger partial charge in [-0.15, -0.1) is 0 Å². The number of anilines is 1. The Morgan fingerprint density at radius 1 is 0.875 bits per heavy atom. The van der Waals surface area contributed by atoms with Gasteiger partial charge < -0.3 is 9.80 Å². The van der Waals surface area contributed by atoms with Gasteiger partial charge in [-0.25, -0.2) is 17.6 Å². The van der Waals surface area contributed by atoms with Gasteiger partial charge in [-0.2, -0.15) is 0 Å². The van der Waals surface area contributed by atoms with Crippen LogP contribution in [0.15, 0.2) is 6.08 Å². The van der Waals surface area contributed by atoms with Crippen molar-refractivity contribution in [2.75, 3.05) is 37.6 Å². The highest BCUT2D eigenvalue weighted by Crippen LogP contribution is 2.33. The van der Waals surface area contributed by atoms with E-state index in [0.29, 0.717) is 19.6 Å². The molecule has 1 aromatic carbocycles. The quantitative estimate of drug-likeness (QED) is 0.550. The first kappa shape index (κ1) is 18.8. The highest BCUT2D eigenvalue weighted by atomic mass is 19.2. The molecule has 0 N–H and O–H groups in total. The highest BCUT2D eigenvalue weighted by molar-refractivity contribution is 5.60. The number of benzene rings is 1. The van der Waals surface area contributed by atoms with Gasteiger partial charge in [0.15, 0.2) is 23.3 Å². The van der Waals surface area contributed by atoms with E-state index in [0.717, 1.165) is 38.4 Å². The predicted molar refractivity (Wildman–Crippen MR) is 89.2 cm³/mol. The van der Waals surface area contributed by atoms with Gasteiger partial charge in [-0.3, -0.25) is 0 Å². The Hall–Kier alpha value is -1.56. The van der Waals surface area contributed by atoms with Gasteiger partial charge in [0.05, 0.1) is 5.56 Å². The summed E-state index contributed by atoms with van der Waals surface area (Å²) in [4.78, 5) is 3.41. The van der Waals surface area contributed by atoms with Crippen LogP contribution < -0.4 is 4.90 Å². The van der Waals surface area contributed by atoms with Gasteiger partial charge in [0.25, 0.3) is 0 Å². The molecule has 1 heterocycles. The molecule has 0 amide bonds. The fraction of sp³-hybridized carbons (Fsp3) is 0.556. The third-order valence-electron chi connectivity index (χ3n) is 4.49. The molecular weight excluding hydrogens is 320 g/mol. The summed E-state index contributed by atoms with van der Waals surface area (Å²) in [6.45, 7) is 6.76. The van der Waals surface area contributed by atoms with Crippen LogP contribution in [0, 0.1) is 23.3 Å². The van der Waals surface area contributed by atoms with Crippen molar-refractivity contribution < 1.29 is 17.6 Å². The standard InChI is InChI=1S/C18H24F4N2/c1-3-23(4-2)10-8-9-13-14(19)16(21)18(17(22)15(13)20)24-11-6-5-7-12-24/h8-9H,3-7,10-12H2,1-2H3. The van der Waals surface area contributed by atoms with Crippen molar-refractivity contribution in [2.45, 2.75) is 33.1 Å². The SMILES string of the molecule is CCN(CC)CC=Cc1c(F)c(F)c(N2CCCCC2)c(F)c1F. The van der Waals surface area contributed by atoms with Gasteiger partial charge in [0, 0.05) is 19.6 Å². The number of hydrogen-bond donors (Lipinski definition) is 0. The van der Waals surface area contributed by atoms with Crippen molar-refractivity contribution in [3.8, 4) is 0 Å². The smallest absolute Gasteiger partial charge is 0.185 e. The molecule has 1 aliphatic rings. The van der Waals surface area contributed by atoms with Crippen molar-refractivity contribution in [3.63, 3.8) is 0 Å². The molecular formula is C18H24F4N2. The Morgan fingerprint density at radius 2 is 1.42 bits per heavy atom. The van der Waals surface area contributed by atoms with Gasteiger partial charge in [-0.05, 0) is 32.4 Å². The molecule has 0 unspecified atom stereocenters. The molecule has 24 heavy (non-hydrogen) atoms. The second kappa shape index (κ2) is 8.51. The zero-order valence-electron chi connectivity index (χ0n) is 14.2. The van der Waals surface area contributed by atoms with E-state index >= 15 is 0 Å². The van der Waals surface area contributed by atoms with E-state index < -0.39 is 34.5 Å². The molecule has 6 heteroatoms. The lowest BCUT2D eigenvalue weighted by molar-refractivity contribution is 0.338. The number of hydrogen-bond acceptors (Lipinski definition) is 2. The molecule has 0 radical (unpaired) electrons. The second-order valence-electron chi connectivity index (χ2n) is 5.95. The summed E-state index contributed by atoms with van der Waals surface area (Å²) in [6.07, 6.45) is 5.11. The first-order chi connectivity index (χ1) is 11.5. The molecule has 2 nitrogen and oxygen atoms in total. The van der Waals surface area contributed by atoms with Crippen LogP contribution in [-0.4, -0.2) is 37.6 Å². The summed E-state index contributed by atoms with van der Waals surface area (Å²) in [6, 6.07) is 0. The monoisotopic (exact) mass is 344 g/mol. The molecule has 0 bridgehead atoms. The summed E-state index contributed by atoms with van der Waals surface area (Å²) in [5.41, 5.74) is -1.23. The second-order valence-corrected chi connectivity index (χ2v) is 5.95. The first-order valence-electron chi connectivity index (χ1n) is 8.51. The molecule has 1 saturated heterocycles. The molecule has 1 aromatic rings. The fourth-order valence-corrected chi connectivity index (χ4v) is 2.98. The van der Waals surface area contributed by atoms with Crippen LogP contribution in [0.1, 0.15) is 38.7 Å². The minimum Gasteiger partial charge on any atom is -0.367 e. The first-order valence-corrected chi connectivity index (χ1v) is 8.51. The Morgan fingerprint density at radius 3 is 1.92 bits per heavy atom. The summed E-state index contributed by atoms with van der Waals surface area (Å²) in [5, 5.41) is 0. The molecule has 1 fully saturated rings. The summed E-state index contributed by atoms with van der Waals surface area (Å²) >= 11 is 0. The summed E-state index contributed by atoms with van der Waals surface area (Å²) in [7, 11) is 0. The maximum absolute atomic E-state index is 14.3. The lowest BCUT2D eigenvalue weighted by Gasteiger charge is -2.29. The highest BCUT2D eigenvalue weighted by Gasteiger charge is 2.28. The Balaban J connectivity index is 2.32. The third-order valence-corrected chi connectivity index (χ3v) is 4.49. The average Bonchev–Trinajstić information content (AvgIpc) is 2.61. The van der Waals surface area contributed by atoms with Crippen LogP contribution in [0.5, 0.6) is 0 Å². The topological polar surface area (TPSA) is 6.48 Å². The van der Waals surface area contributed by atoms with E-state index in [9.17, 15) is 17.6 Å². The van der Waals surface area contributed by atoms with Crippen molar-refractivity contribution in [1.29, 1.82) is 0 Å². The average molecular weight is 344 g/mol. The molecule has 0 saturated carbocycles. The number of rotatable bonds is 6. The van der Waals surface area contributed by atoms with E-state index in [1.54, 1.807) is 0 Å². The molecule has 134 valence electrons. The normalized spacial score (nSPS) is 15.7. The van der Waals surface area contributed by atoms with Gasteiger partial charge in [-0.1, -0.05) is 26.0 Å². The maximum atomic E-state index is 14.3. The largest absolute Gasteiger partial charge is 0.367 e. The van der Waals surface area contributed by atoms with Crippen molar-refractivity contribution >= 4 is 11.8 Å². The number of likely N-dealkylation sites (N-methyl/N-ethyl adjacent to an activating group) is 1. The third kappa shape index (κ3) is 3.91. The van der Waals surface area contributed by atoms with Crippen LogP contribution >= 0.6 is 0 Å². The minimum atomic E-state index is -1.33. The molecule has 0 aromatic heterocycles. The van der Waals surface area contributed by atoms with Crippen LogP contribution in [0.4, 0.5) is 23.2 Å². The van der Waals surface area contributed by atoms with Crippen molar-refractivity contribution in [1.82, 2.24) is 4.90 Å². The van der Waals surface area contributed by atoms with E-state index in [1.165, 1.54) is 11.0 Å².